The molecule has 3 rings (SSSR count). The summed E-state index contributed by atoms with van der Waals surface area (Å²) in [6, 6.07) is 6.40. The van der Waals surface area contributed by atoms with Gasteiger partial charge in [-0.3, -0.25) is 4.90 Å². The van der Waals surface area contributed by atoms with Crippen molar-refractivity contribution < 1.29 is 9.53 Å². The maximum atomic E-state index is 12.6. The zero-order valence-corrected chi connectivity index (χ0v) is 16.2. The lowest BCUT2D eigenvalue weighted by Crippen LogP contribution is -2.38. The fourth-order valence-electron chi connectivity index (χ4n) is 2.83. The van der Waals surface area contributed by atoms with Crippen LogP contribution in [0.5, 0.6) is 0 Å². The van der Waals surface area contributed by atoms with Crippen LogP contribution in [0.4, 0.5) is 0 Å². The van der Waals surface area contributed by atoms with E-state index in [1.165, 1.54) is 0 Å². The number of halogens is 2. The first-order valence-corrected chi connectivity index (χ1v) is 9.24. The molecule has 0 saturated carbocycles. The average Bonchev–Trinajstić information content (AvgIpc) is 2.89. The molecule has 1 aromatic rings. The number of nitrogens with two attached hydrogens (primary N) is 1. The topological polar surface area (TPSA) is 91.7 Å². The van der Waals surface area contributed by atoms with Crippen molar-refractivity contribution in [3.05, 3.63) is 55.8 Å². The van der Waals surface area contributed by atoms with Crippen LogP contribution in [0.2, 0.25) is 10.0 Å². The molecule has 0 aromatic heterocycles. The minimum Gasteiger partial charge on any atom is -0.463 e. The Bertz CT molecular complexity index is 933. The quantitative estimate of drug-likeness (QED) is 0.761. The van der Waals surface area contributed by atoms with Crippen molar-refractivity contribution >= 4 is 46.1 Å². The molecule has 0 unspecified atom stereocenters. The number of aliphatic imine (C=N–C) groups is 1. The predicted molar refractivity (Wildman–Crippen MR) is 102 cm³/mol. The summed E-state index contributed by atoms with van der Waals surface area (Å²) in [5, 5.41) is 10.7. The molecule has 0 fully saturated rings. The number of nitriles is 1. The third-order valence-electron chi connectivity index (χ3n) is 3.93. The summed E-state index contributed by atoms with van der Waals surface area (Å²) >= 11 is 13.6. The predicted octanol–water partition coefficient (Wildman–Crippen LogP) is 3.94. The monoisotopic (exact) mass is 408 g/mol. The maximum Gasteiger partial charge on any atom is 0.338 e. The summed E-state index contributed by atoms with van der Waals surface area (Å²) in [7, 11) is 0. The summed E-state index contributed by atoms with van der Waals surface area (Å²) in [6.45, 7) is 3.66. The third kappa shape index (κ3) is 3.05. The first kappa shape index (κ1) is 18.6. The number of esters is 1. The van der Waals surface area contributed by atoms with E-state index in [1.807, 2.05) is 0 Å². The van der Waals surface area contributed by atoms with Gasteiger partial charge in [-0.2, -0.15) is 5.26 Å². The lowest BCUT2D eigenvalue weighted by molar-refractivity contribution is -0.139. The Labute approximate surface area is 164 Å². The van der Waals surface area contributed by atoms with Crippen molar-refractivity contribution in [2.24, 2.45) is 10.7 Å². The third-order valence-corrected chi connectivity index (χ3v) is 5.47. The Kier molecular flexibility index (Phi) is 5.19. The van der Waals surface area contributed by atoms with Gasteiger partial charge in [0.2, 0.25) is 0 Å². The number of hydrogen-bond donors (Lipinski definition) is 1. The fourth-order valence-corrected chi connectivity index (χ4v) is 4.26. The molecule has 134 valence electrons. The van der Waals surface area contributed by atoms with E-state index in [0.29, 0.717) is 37.0 Å². The van der Waals surface area contributed by atoms with Gasteiger partial charge in [0.25, 0.3) is 0 Å². The number of carbonyl (C=O) groups excluding carboxylic acids is 1. The van der Waals surface area contributed by atoms with Gasteiger partial charge >= 0.3 is 5.97 Å². The highest BCUT2D eigenvalue weighted by atomic mass is 35.5. The molecule has 2 N–H and O–H groups in total. The summed E-state index contributed by atoms with van der Waals surface area (Å²) in [4.78, 5) is 19.0. The lowest BCUT2D eigenvalue weighted by Gasteiger charge is -2.35. The number of hydrogen-bond acceptors (Lipinski definition) is 7. The van der Waals surface area contributed by atoms with Gasteiger partial charge in [-0.05, 0) is 43.3 Å². The molecule has 0 bridgehead atoms. The Hall–Kier alpha value is -2.14. The molecule has 1 aromatic carbocycles. The molecule has 1 atom stereocenters. The van der Waals surface area contributed by atoms with Crippen molar-refractivity contribution in [2.45, 2.75) is 19.9 Å². The second-order valence-electron chi connectivity index (χ2n) is 5.48. The van der Waals surface area contributed by atoms with E-state index in [2.05, 4.69) is 11.1 Å². The van der Waals surface area contributed by atoms with E-state index in [9.17, 15) is 10.1 Å². The van der Waals surface area contributed by atoms with Crippen LogP contribution in [-0.2, 0) is 9.53 Å². The molecule has 2 aliphatic heterocycles. The molecular weight excluding hydrogens is 395 g/mol. The number of amidine groups is 1. The number of rotatable bonds is 3. The minimum atomic E-state index is -0.662. The van der Waals surface area contributed by atoms with E-state index < -0.39 is 12.0 Å². The van der Waals surface area contributed by atoms with Gasteiger partial charge in [0.05, 0.1) is 23.9 Å². The van der Waals surface area contributed by atoms with E-state index in [0.717, 1.165) is 11.8 Å². The molecule has 0 saturated heterocycles. The van der Waals surface area contributed by atoms with Gasteiger partial charge in [-0.1, -0.05) is 29.3 Å². The van der Waals surface area contributed by atoms with E-state index >= 15 is 0 Å². The van der Waals surface area contributed by atoms with Crippen LogP contribution in [0.25, 0.3) is 0 Å². The number of allylic oxidation sites excluding steroid dienone is 2. The second-order valence-corrected chi connectivity index (χ2v) is 7.30. The molecule has 0 aliphatic carbocycles. The molecule has 2 aliphatic rings. The summed E-state index contributed by atoms with van der Waals surface area (Å²) in [5.41, 5.74) is 7.60. The van der Waals surface area contributed by atoms with Crippen molar-refractivity contribution in [2.75, 3.05) is 6.61 Å². The van der Waals surface area contributed by atoms with Crippen molar-refractivity contribution in [3.63, 3.8) is 0 Å². The van der Waals surface area contributed by atoms with Crippen LogP contribution in [0, 0.1) is 11.3 Å². The van der Waals surface area contributed by atoms with Crippen LogP contribution < -0.4 is 5.73 Å². The largest absolute Gasteiger partial charge is 0.463 e. The zero-order chi connectivity index (χ0) is 19.0. The van der Waals surface area contributed by atoms with Gasteiger partial charge < -0.3 is 10.5 Å². The SMILES string of the molecule is CCOC(=O)C1=C(C)N=C2SC(C#N)=C(N)N2[C@H]1c1ccc(Cl)cc1Cl. The van der Waals surface area contributed by atoms with E-state index in [-0.39, 0.29) is 12.4 Å². The summed E-state index contributed by atoms with van der Waals surface area (Å²) in [6.07, 6.45) is 0. The Morgan fingerprint density at radius 2 is 2.23 bits per heavy atom. The maximum absolute atomic E-state index is 12.6. The van der Waals surface area contributed by atoms with Crippen molar-refractivity contribution in [1.82, 2.24) is 4.90 Å². The second kappa shape index (κ2) is 7.23. The van der Waals surface area contributed by atoms with Crippen LogP contribution in [0.1, 0.15) is 25.5 Å². The van der Waals surface area contributed by atoms with Crippen molar-refractivity contribution in [3.8, 4) is 6.07 Å². The zero-order valence-electron chi connectivity index (χ0n) is 13.9. The average molecular weight is 409 g/mol. The van der Waals surface area contributed by atoms with Crippen LogP contribution in [0.15, 0.2) is 45.2 Å². The highest BCUT2D eigenvalue weighted by Crippen LogP contribution is 2.47. The highest BCUT2D eigenvalue weighted by molar-refractivity contribution is 8.17. The molecule has 0 amide bonds. The van der Waals surface area contributed by atoms with Crippen LogP contribution >= 0.6 is 35.0 Å². The van der Waals surface area contributed by atoms with E-state index in [1.54, 1.807) is 36.9 Å². The summed E-state index contributed by atoms with van der Waals surface area (Å²) in [5.74, 6) is -0.284. The molecular formula is C17H14Cl2N4O2S. The van der Waals surface area contributed by atoms with Crippen LogP contribution in [0.3, 0.4) is 0 Å². The molecule has 0 spiro atoms. The van der Waals surface area contributed by atoms with Gasteiger partial charge in [0.15, 0.2) is 5.17 Å². The first-order valence-electron chi connectivity index (χ1n) is 7.67. The molecule has 0 radical (unpaired) electrons. The normalized spacial score (nSPS) is 19.3. The highest BCUT2D eigenvalue weighted by Gasteiger charge is 2.43. The first-order chi connectivity index (χ1) is 12.4. The number of fused-ring (bicyclic) bond motifs is 1. The molecule has 9 heteroatoms. The minimum absolute atomic E-state index is 0.219. The van der Waals surface area contributed by atoms with Gasteiger partial charge in [0, 0.05) is 10.0 Å². The molecule has 6 nitrogen and oxygen atoms in total. The number of nitrogens with zero attached hydrogens (tertiary/aromatic N) is 3. The molecule has 2 heterocycles. The number of thioether (sulfide) groups is 1. The summed E-state index contributed by atoms with van der Waals surface area (Å²) < 4.78 is 5.21. The molecule has 26 heavy (non-hydrogen) atoms. The Morgan fingerprint density at radius 3 is 2.85 bits per heavy atom. The van der Waals surface area contributed by atoms with Gasteiger partial charge in [-0.25, -0.2) is 9.79 Å². The van der Waals surface area contributed by atoms with Gasteiger partial charge in [-0.15, -0.1) is 0 Å². The smallest absolute Gasteiger partial charge is 0.338 e. The standard InChI is InChI=1S/C17H14Cl2N4O2S/c1-3-25-16(24)13-8(2)22-17-23(15(21)12(7-20)26-17)14(13)10-5-4-9(18)6-11(10)19/h4-6,14H,3,21H2,1-2H3/t14-/m0/s1. The van der Waals surface area contributed by atoms with E-state index in [4.69, 9.17) is 33.7 Å². The number of benzene rings is 1. The lowest BCUT2D eigenvalue weighted by atomic mass is 9.94. The van der Waals surface area contributed by atoms with Gasteiger partial charge in [0.1, 0.15) is 16.8 Å². The Balaban J connectivity index is 2.23. The van der Waals surface area contributed by atoms with Crippen LogP contribution in [-0.4, -0.2) is 22.6 Å². The fraction of sp³-hybridized carbons (Fsp3) is 0.235. The Morgan fingerprint density at radius 1 is 1.50 bits per heavy atom. The van der Waals surface area contributed by atoms with Crippen molar-refractivity contribution in [1.29, 1.82) is 5.26 Å². The number of carbonyl (C=O) groups is 1. The number of ether oxygens (including phenoxy) is 1.